The van der Waals surface area contributed by atoms with Crippen LogP contribution in [0.4, 0.5) is 0 Å². The lowest BCUT2D eigenvalue weighted by Crippen LogP contribution is -2.45. The highest BCUT2D eigenvalue weighted by Gasteiger charge is 2.56. The van der Waals surface area contributed by atoms with Gasteiger partial charge in [-0.3, -0.25) is 9.59 Å². The lowest BCUT2D eigenvalue weighted by Gasteiger charge is -2.50. The Bertz CT molecular complexity index is 1300. The molecule has 5 atom stereocenters. The molecule has 0 aliphatic heterocycles. The van der Waals surface area contributed by atoms with E-state index < -0.39 is 0 Å². The van der Waals surface area contributed by atoms with Crippen LogP contribution in [0.5, 0.6) is 23.0 Å². The minimum atomic E-state index is -0.174. The monoisotopic (exact) mass is 548 g/mol. The molecule has 214 valence electrons. The zero-order valence-electron chi connectivity index (χ0n) is 24.4. The van der Waals surface area contributed by atoms with Gasteiger partial charge in [-0.25, -0.2) is 0 Å². The fourth-order valence-electron chi connectivity index (χ4n) is 7.75. The van der Waals surface area contributed by atoms with Crippen molar-refractivity contribution in [1.29, 1.82) is 0 Å². The van der Waals surface area contributed by atoms with Crippen LogP contribution >= 0.6 is 0 Å². The molecule has 0 radical (unpaired) electrons. The molecule has 5 rings (SSSR count). The highest BCUT2D eigenvalue weighted by atomic mass is 16.5. The maximum Gasteiger partial charge on any atom is 0.302 e. The summed E-state index contributed by atoms with van der Waals surface area (Å²) in [4.78, 5) is 25.0. The van der Waals surface area contributed by atoms with Gasteiger partial charge in [-0.15, -0.1) is 0 Å². The van der Waals surface area contributed by atoms with E-state index in [2.05, 4.69) is 19.1 Å². The molecule has 0 aromatic heterocycles. The minimum Gasteiger partial charge on any atom is -0.496 e. The number of fused-ring (bicyclic) bond motifs is 5. The van der Waals surface area contributed by atoms with E-state index in [4.69, 9.17) is 23.7 Å². The van der Waals surface area contributed by atoms with Crippen molar-refractivity contribution in [3.8, 4) is 23.0 Å². The smallest absolute Gasteiger partial charge is 0.302 e. The van der Waals surface area contributed by atoms with Crippen molar-refractivity contribution in [2.45, 2.75) is 64.4 Å². The van der Waals surface area contributed by atoms with E-state index in [1.807, 2.05) is 6.08 Å². The third-order valence-corrected chi connectivity index (χ3v) is 9.66. The summed E-state index contributed by atoms with van der Waals surface area (Å²) in [5, 5.41) is 0. The van der Waals surface area contributed by atoms with Gasteiger partial charge in [-0.2, -0.15) is 0 Å². The number of ether oxygens (including phenoxy) is 5. The number of hydrogen-bond donors (Lipinski definition) is 0. The van der Waals surface area contributed by atoms with Crippen LogP contribution in [0.2, 0.25) is 0 Å². The molecule has 2 saturated carbocycles. The molecular formula is C33H40O7. The highest BCUT2D eigenvalue weighted by Crippen LogP contribution is 2.61. The summed E-state index contributed by atoms with van der Waals surface area (Å²) in [5.74, 6) is 3.31. The molecule has 0 N–H and O–H groups in total. The average Bonchev–Trinajstić information content (AvgIpc) is 3.29. The first-order valence-electron chi connectivity index (χ1n) is 14.1. The van der Waals surface area contributed by atoms with Crippen molar-refractivity contribution in [1.82, 2.24) is 0 Å². The zero-order chi connectivity index (χ0) is 28.6. The van der Waals surface area contributed by atoms with Crippen molar-refractivity contribution in [3.05, 3.63) is 52.6 Å². The Balaban J connectivity index is 1.43. The largest absolute Gasteiger partial charge is 0.496 e. The molecule has 2 aromatic rings. The lowest BCUT2D eigenvalue weighted by molar-refractivity contribution is -0.154. The molecule has 1 unspecified atom stereocenters. The lowest BCUT2D eigenvalue weighted by atomic mass is 9.55. The van der Waals surface area contributed by atoms with Gasteiger partial charge in [0.2, 0.25) is 5.75 Å². The Morgan fingerprint density at radius 3 is 2.20 bits per heavy atom. The molecule has 3 aliphatic carbocycles. The fraction of sp³-hybridized carbons (Fsp3) is 0.515. The predicted octanol–water partition coefficient (Wildman–Crippen LogP) is 6.40. The first-order valence-corrected chi connectivity index (χ1v) is 14.1. The van der Waals surface area contributed by atoms with E-state index in [9.17, 15) is 9.59 Å². The average molecular weight is 549 g/mol. The number of allylic oxidation sites excluding steroid dienone is 1. The number of carbonyl (C=O) groups excluding carboxylic acids is 2. The van der Waals surface area contributed by atoms with Crippen LogP contribution < -0.4 is 18.9 Å². The summed E-state index contributed by atoms with van der Waals surface area (Å²) < 4.78 is 27.8. The summed E-state index contributed by atoms with van der Waals surface area (Å²) in [6.45, 7) is 3.86. The van der Waals surface area contributed by atoms with E-state index in [1.165, 1.54) is 39.4 Å². The first-order chi connectivity index (χ1) is 19.2. The standard InChI is InChI=1S/C33H40O7/c1-19(34)40-31-12-10-26-24-9-7-20-16-28(36-3)21(15-25(20)23(24)13-14-33(26,31)2)8-11-27(35)22-17-29(37-4)32(39-6)30(18-22)38-5/h8,11,15-18,23-24,26,31H,7,9-10,12-14H2,1-6H3/b11-8+/t23-,24+,26-,31?,33-/m0/s1. The summed E-state index contributed by atoms with van der Waals surface area (Å²) in [5.41, 5.74) is 4.09. The zero-order valence-corrected chi connectivity index (χ0v) is 24.4. The van der Waals surface area contributed by atoms with Crippen molar-refractivity contribution in [2.75, 3.05) is 28.4 Å². The van der Waals surface area contributed by atoms with Crippen LogP contribution in [0.3, 0.4) is 0 Å². The summed E-state index contributed by atoms with van der Waals surface area (Å²) in [6.07, 6.45) is 9.77. The van der Waals surface area contributed by atoms with Crippen LogP contribution in [-0.2, 0) is 16.0 Å². The molecule has 0 spiro atoms. The third-order valence-electron chi connectivity index (χ3n) is 9.66. The molecule has 2 aromatic carbocycles. The van der Waals surface area contributed by atoms with E-state index in [0.29, 0.717) is 40.6 Å². The number of hydrogen-bond acceptors (Lipinski definition) is 7. The molecule has 0 heterocycles. The van der Waals surface area contributed by atoms with Gasteiger partial charge in [0.05, 0.1) is 28.4 Å². The number of aryl methyl sites for hydroxylation is 1. The number of methoxy groups -OCH3 is 4. The van der Waals surface area contributed by atoms with E-state index >= 15 is 0 Å². The van der Waals surface area contributed by atoms with Gasteiger partial charge in [0.1, 0.15) is 11.9 Å². The van der Waals surface area contributed by atoms with E-state index in [-0.39, 0.29) is 23.3 Å². The van der Waals surface area contributed by atoms with Crippen LogP contribution in [-0.4, -0.2) is 46.3 Å². The number of carbonyl (C=O) groups is 2. The minimum absolute atomic E-state index is 0.0212. The van der Waals surface area contributed by atoms with Gasteiger partial charge < -0.3 is 23.7 Å². The van der Waals surface area contributed by atoms with Gasteiger partial charge in [0.15, 0.2) is 17.3 Å². The second-order valence-electron chi connectivity index (χ2n) is 11.5. The topological polar surface area (TPSA) is 80.3 Å². The SMILES string of the molecule is COc1cc2c(cc1/C=C/C(=O)c1cc(OC)c(OC)c(OC)c1)[C@H]1CC[C@]3(C)C(OC(C)=O)CC[C@H]3[C@@H]1CC2. The van der Waals surface area contributed by atoms with Gasteiger partial charge >= 0.3 is 5.97 Å². The Kier molecular flexibility index (Phi) is 7.85. The van der Waals surface area contributed by atoms with Gasteiger partial charge in [0, 0.05) is 23.5 Å². The van der Waals surface area contributed by atoms with Crippen molar-refractivity contribution < 1.29 is 33.3 Å². The van der Waals surface area contributed by atoms with Crippen LogP contribution in [0.1, 0.15) is 78.9 Å². The third kappa shape index (κ3) is 4.84. The highest BCUT2D eigenvalue weighted by molar-refractivity contribution is 6.07. The van der Waals surface area contributed by atoms with Crippen LogP contribution in [0.15, 0.2) is 30.3 Å². The summed E-state index contributed by atoms with van der Waals surface area (Å²) in [6, 6.07) is 7.70. The normalized spacial score (nSPS) is 26.9. The fourth-order valence-corrected chi connectivity index (χ4v) is 7.75. The Labute approximate surface area is 236 Å². The molecular weight excluding hydrogens is 508 g/mol. The number of ketones is 1. The maximum atomic E-state index is 13.2. The van der Waals surface area contributed by atoms with Crippen molar-refractivity contribution >= 4 is 17.8 Å². The van der Waals surface area contributed by atoms with E-state index in [0.717, 1.165) is 49.8 Å². The molecule has 0 amide bonds. The second-order valence-corrected chi connectivity index (χ2v) is 11.5. The number of esters is 1. The van der Waals surface area contributed by atoms with Gasteiger partial charge in [0.25, 0.3) is 0 Å². The Morgan fingerprint density at radius 1 is 0.875 bits per heavy atom. The van der Waals surface area contributed by atoms with Crippen molar-refractivity contribution in [2.24, 2.45) is 17.3 Å². The molecule has 3 aliphatic rings. The van der Waals surface area contributed by atoms with Crippen LogP contribution in [0, 0.1) is 17.3 Å². The molecule has 40 heavy (non-hydrogen) atoms. The number of benzene rings is 2. The van der Waals surface area contributed by atoms with Crippen molar-refractivity contribution in [3.63, 3.8) is 0 Å². The Morgan fingerprint density at radius 2 is 1.57 bits per heavy atom. The van der Waals surface area contributed by atoms with Gasteiger partial charge in [-0.1, -0.05) is 6.92 Å². The predicted molar refractivity (Wildman–Crippen MR) is 153 cm³/mol. The number of rotatable bonds is 8. The molecule has 0 bridgehead atoms. The summed E-state index contributed by atoms with van der Waals surface area (Å²) in [7, 11) is 6.27. The molecule has 7 nitrogen and oxygen atoms in total. The van der Waals surface area contributed by atoms with Gasteiger partial charge in [-0.05, 0) is 104 Å². The van der Waals surface area contributed by atoms with E-state index in [1.54, 1.807) is 25.3 Å². The second kappa shape index (κ2) is 11.2. The molecule has 0 saturated heterocycles. The van der Waals surface area contributed by atoms with Crippen LogP contribution in [0.25, 0.3) is 6.08 Å². The Hall–Kier alpha value is -3.48. The molecule has 2 fully saturated rings. The molecule has 7 heteroatoms. The summed E-state index contributed by atoms with van der Waals surface area (Å²) >= 11 is 0. The first kappa shape index (κ1) is 28.1. The quantitative estimate of drug-likeness (QED) is 0.214. The maximum absolute atomic E-state index is 13.2.